The molecule has 0 N–H and O–H groups in total. The summed E-state index contributed by atoms with van der Waals surface area (Å²) in [5, 5.41) is 0.974. The number of carbonyl (C=O) groups is 1. The number of ether oxygens (including phenoxy) is 2. The third kappa shape index (κ3) is 4.50. The van der Waals surface area contributed by atoms with Crippen molar-refractivity contribution in [3.8, 4) is 22.6 Å². The summed E-state index contributed by atoms with van der Waals surface area (Å²) in [6.45, 7) is 10.4. The number of aryl methyl sites for hydroxylation is 1. The summed E-state index contributed by atoms with van der Waals surface area (Å²) >= 11 is 0. The SMILES string of the molecule is CCOc1c(/C(C)=C/C(=O)N2CCC(C)CC2)cc2c(-c3ccccc3OC)coc2c1C. The van der Waals surface area contributed by atoms with Crippen LogP contribution in [0, 0.1) is 12.8 Å². The Bertz CT molecular complexity index is 1180. The zero-order valence-corrected chi connectivity index (χ0v) is 20.2. The van der Waals surface area contributed by atoms with Gasteiger partial charge in [-0.3, -0.25) is 4.79 Å². The smallest absolute Gasteiger partial charge is 0.246 e. The van der Waals surface area contributed by atoms with Crippen LogP contribution in [0.5, 0.6) is 11.5 Å². The molecule has 1 amide bonds. The molecule has 1 fully saturated rings. The number of para-hydroxylation sites is 1. The molecule has 0 saturated carbocycles. The Hall–Kier alpha value is -3.21. The minimum Gasteiger partial charge on any atom is -0.496 e. The molecule has 0 radical (unpaired) electrons. The van der Waals surface area contributed by atoms with Crippen molar-refractivity contribution in [1.82, 2.24) is 4.90 Å². The first-order valence-electron chi connectivity index (χ1n) is 11.7. The van der Waals surface area contributed by atoms with Crippen LogP contribution in [0.25, 0.3) is 27.7 Å². The van der Waals surface area contributed by atoms with E-state index >= 15 is 0 Å². The summed E-state index contributed by atoms with van der Waals surface area (Å²) in [6, 6.07) is 9.99. The molecule has 1 aliphatic rings. The number of rotatable bonds is 6. The van der Waals surface area contributed by atoms with Gasteiger partial charge in [-0.1, -0.05) is 25.1 Å². The molecule has 0 atom stereocenters. The number of benzene rings is 2. The Morgan fingerprint density at radius 3 is 2.64 bits per heavy atom. The van der Waals surface area contributed by atoms with Crippen LogP contribution in [0.2, 0.25) is 0 Å². The second kappa shape index (κ2) is 9.74. The van der Waals surface area contributed by atoms with Gasteiger partial charge in [-0.15, -0.1) is 0 Å². The molecular weight excluding hydrogens is 414 g/mol. The summed E-state index contributed by atoms with van der Waals surface area (Å²) in [5.74, 6) is 2.30. The van der Waals surface area contributed by atoms with Gasteiger partial charge in [-0.05, 0) is 57.2 Å². The van der Waals surface area contributed by atoms with Crippen molar-refractivity contribution in [2.75, 3.05) is 26.8 Å². The lowest BCUT2D eigenvalue weighted by molar-refractivity contribution is -0.127. The van der Waals surface area contributed by atoms with Gasteiger partial charge >= 0.3 is 0 Å². The number of likely N-dealkylation sites (tertiary alicyclic amines) is 1. The van der Waals surface area contributed by atoms with Gasteiger partial charge in [-0.25, -0.2) is 0 Å². The fraction of sp³-hybridized carbons (Fsp3) is 0.393. The molecule has 3 aromatic rings. The van der Waals surface area contributed by atoms with Gasteiger partial charge in [-0.2, -0.15) is 0 Å². The first kappa shape index (κ1) is 23.0. The third-order valence-electron chi connectivity index (χ3n) is 6.59. The molecule has 0 spiro atoms. The van der Waals surface area contributed by atoms with Crippen LogP contribution in [0.4, 0.5) is 0 Å². The number of nitrogens with zero attached hydrogens (tertiary/aromatic N) is 1. The second-order valence-electron chi connectivity index (χ2n) is 8.87. The standard InChI is InChI=1S/C28H33NO4/c1-6-32-27-20(4)28-23(24(17-33-28)21-9-7-8-10-25(21)31-5)16-22(27)19(3)15-26(30)29-13-11-18(2)12-14-29/h7-10,15-18H,6,11-14H2,1-5H3/b19-15+. The fourth-order valence-corrected chi connectivity index (χ4v) is 4.60. The predicted molar refractivity (Wildman–Crippen MR) is 133 cm³/mol. The van der Waals surface area contributed by atoms with E-state index in [2.05, 4.69) is 13.0 Å². The Morgan fingerprint density at radius 2 is 1.94 bits per heavy atom. The van der Waals surface area contributed by atoms with E-state index in [0.717, 1.165) is 76.2 Å². The van der Waals surface area contributed by atoms with Crippen molar-refractivity contribution in [2.45, 2.75) is 40.5 Å². The van der Waals surface area contributed by atoms with Crippen LogP contribution < -0.4 is 9.47 Å². The maximum atomic E-state index is 13.0. The molecule has 0 aliphatic carbocycles. The van der Waals surface area contributed by atoms with E-state index in [0.29, 0.717) is 12.5 Å². The molecule has 33 heavy (non-hydrogen) atoms. The Kier molecular flexibility index (Phi) is 6.77. The molecule has 1 aliphatic heterocycles. The zero-order chi connectivity index (χ0) is 23.5. The van der Waals surface area contributed by atoms with Crippen LogP contribution in [0.15, 0.2) is 47.1 Å². The molecule has 0 bridgehead atoms. The number of amides is 1. The van der Waals surface area contributed by atoms with E-state index in [9.17, 15) is 4.79 Å². The van der Waals surface area contributed by atoms with Crippen molar-refractivity contribution in [2.24, 2.45) is 5.92 Å². The van der Waals surface area contributed by atoms with Crippen molar-refractivity contribution in [3.63, 3.8) is 0 Å². The maximum absolute atomic E-state index is 13.0. The van der Waals surface area contributed by atoms with E-state index in [1.165, 1.54) is 0 Å². The van der Waals surface area contributed by atoms with Crippen molar-refractivity contribution < 1.29 is 18.7 Å². The number of carbonyl (C=O) groups excluding carboxylic acids is 1. The highest BCUT2D eigenvalue weighted by Crippen LogP contribution is 2.42. The largest absolute Gasteiger partial charge is 0.496 e. The predicted octanol–water partition coefficient (Wildman–Crippen LogP) is 6.48. The van der Waals surface area contributed by atoms with Crippen molar-refractivity contribution in [3.05, 3.63) is 53.8 Å². The Morgan fingerprint density at radius 1 is 1.21 bits per heavy atom. The zero-order valence-electron chi connectivity index (χ0n) is 20.2. The third-order valence-corrected chi connectivity index (χ3v) is 6.59. The van der Waals surface area contributed by atoms with Crippen molar-refractivity contribution >= 4 is 22.4 Å². The lowest BCUT2D eigenvalue weighted by atomic mass is 9.95. The van der Waals surface area contributed by atoms with Crippen LogP contribution in [0.1, 0.15) is 44.7 Å². The molecule has 1 saturated heterocycles. The van der Waals surface area contributed by atoms with Crippen LogP contribution >= 0.6 is 0 Å². The van der Waals surface area contributed by atoms with Crippen molar-refractivity contribution in [1.29, 1.82) is 0 Å². The highest BCUT2D eigenvalue weighted by Gasteiger charge is 2.22. The Balaban J connectivity index is 1.81. The summed E-state index contributed by atoms with van der Waals surface area (Å²) in [5.41, 5.74) is 5.44. The molecule has 174 valence electrons. The summed E-state index contributed by atoms with van der Waals surface area (Å²) in [6.07, 6.45) is 5.65. The minimum atomic E-state index is 0.0664. The number of furan rings is 1. The van der Waals surface area contributed by atoms with Crippen LogP contribution in [-0.2, 0) is 4.79 Å². The molecule has 5 heteroatoms. The molecule has 4 rings (SSSR count). The van der Waals surface area contributed by atoms with E-state index in [1.807, 2.05) is 49.9 Å². The van der Waals surface area contributed by atoms with Gasteiger partial charge < -0.3 is 18.8 Å². The quantitative estimate of drug-likeness (QED) is 0.406. The summed E-state index contributed by atoms with van der Waals surface area (Å²) < 4.78 is 17.6. The minimum absolute atomic E-state index is 0.0664. The van der Waals surface area contributed by atoms with Crippen LogP contribution in [0.3, 0.4) is 0 Å². The molecular formula is C28H33NO4. The second-order valence-corrected chi connectivity index (χ2v) is 8.87. The monoisotopic (exact) mass is 447 g/mol. The highest BCUT2D eigenvalue weighted by molar-refractivity contribution is 6.02. The van der Waals surface area contributed by atoms with E-state index in [4.69, 9.17) is 13.9 Å². The number of hydrogen-bond donors (Lipinski definition) is 0. The Labute approximate surface area is 196 Å². The summed E-state index contributed by atoms with van der Waals surface area (Å²) in [7, 11) is 1.67. The number of allylic oxidation sites excluding steroid dienone is 1. The number of fused-ring (bicyclic) bond motifs is 1. The van der Waals surface area contributed by atoms with Gasteiger partial charge in [0.2, 0.25) is 5.91 Å². The fourth-order valence-electron chi connectivity index (χ4n) is 4.60. The number of piperidine rings is 1. The van der Waals surface area contributed by atoms with E-state index in [-0.39, 0.29) is 5.91 Å². The van der Waals surface area contributed by atoms with Gasteiger partial charge in [0.05, 0.1) is 20.0 Å². The van der Waals surface area contributed by atoms with Gasteiger partial charge in [0, 0.05) is 46.8 Å². The topological polar surface area (TPSA) is 51.9 Å². The average molecular weight is 448 g/mol. The maximum Gasteiger partial charge on any atom is 0.246 e. The van der Waals surface area contributed by atoms with E-state index in [1.54, 1.807) is 19.4 Å². The molecule has 2 heterocycles. The van der Waals surface area contributed by atoms with Gasteiger partial charge in [0.15, 0.2) is 0 Å². The molecule has 0 unspecified atom stereocenters. The highest BCUT2D eigenvalue weighted by atomic mass is 16.5. The molecule has 5 nitrogen and oxygen atoms in total. The number of hydrogen-bond acceptors (Lipinski definition) is 4. The van der Waals surface area contributed by atoms with E-state index < -0.39 is 0 Å². The lowest BCUT2D eigenvalue weighted by Gasteiger charge is -2.29. The van der Waals surface area contributed by atoms with Gasteiger partial charge in [0.1, 0.15) is 17.1 Å². The molecule has 2 aromatic carbocycles. The first-order valence-corrected chi connectivity index (χ1v) is 11.7. The number of methoxy groups -OCH3 is 1. The summed E-state index contributed by atoms with van der Waals surface area (Å²) in [4.78, 5) is 15.0. The normalized spacial score (nSPS) is 15.2. The van der Waals surface area contributed by atoms with Gasteiger partial charge in [0.25, 0.3) is 0 Å². The first-order chi connectivity index (χ1) is 15.9. The molecule has 1 aromatic heterocycles. The van der Waals surface area contributed by atoms with Crippen LogP contribution in [-0.4, -0.2) is 37.6 Å². The lowest BCUT2D eigenvalue weighted by Crippen LogP contribution is -2.36. The average Bonchev–Trinajstić information content (AvgIpc) is 3.25.